The number of hydrogen-bond acceptors (Lipinski definition) is 2. The van der Waals surface area contributed by atoms with E-state index in [4.69, 9.17) is 5.11 Å². The molecule has 13 heavy (non-hydrogen) atoms. The third-order valence-electron chi connectivity index (χ3n) is 2.10. The summed E-state index contributed by atoms with van der Waals surface area (Å²) in [5.41, 5.74) is 0.973. The van der Waals surface area contributed by atoms with Crippen molar-refractivity contribution in [1.29, 1.82) is 0 Å². The minimum absolute atomic E-state index is 0.154. The zero-order chi connectivity index (χ0) is 9.10. The molecule has 0 aliphatic rings. The fourth-order valence-electron chi connectivity index (χ4n) is 1.49. The van der Waals surface area contributed by atoms with Crippen LogP contribution in [0.25, 0.3) is 10.8 Å². The average molecular weight is 173 g/mol. The minimum atomic E-state index is 0.154. The topological polar surface area (TPSA) is 33.1 Å². The number of aliphatic hydroxyl groups excluding tert-OH is 1. The standard InChI is InChI=1S/C11H11NO/c13-8-6-11-10-4-2-1-3-9(10)5-7-12-11/h1-5,7,13H,6,8H2. The van der Waals surface area contributed by atoms with Crippen LogP contribution in [-0.4, -0.2) is 16.7 Å². The fourth-order valence-corrected chi connectivity index (χ4v) is 1.49. The van der Waals surface area contributed by atoms with E-state index in [0.717, 1.165) is 11.1 Å². The van der Waals surface area contributed by atoms with E-state index in [9.17, 15) is 0 Å². The van der Waals surface area contributed by atoms with Gasteiger partial charge in [-0.3, -0.25) is 4.98 Å². The Bertz CT molecular complexity index is 406. The number of pyridine rings is 1. The van der Waals surface area contributed by atoms with Gasteiger partial charge in [-0.1, -0.05) is 24.3 Å². The van der Waals surface area contributed by atoms with Crippen LogP contribution in [0.15, 0.2) is 36.5 Å². The fraction of sp³-hybridized carbons (Fsp3) is 0.182. The Balaban J connectivity index is 2.61. The molecule has 66 valence electrons. The van der Waals surface area contributed by atoms with Crippen LogP contribution >= 0.6 is 0 Å². The molecule has 2 aromatic rings. The predicted molar refractivity (Wildman–Crippen MR) is 52.5 cm³/mol. The lowest BCUT2D eigenvalue weighted by Gasteiger charge is -2.02. The van der Waals surface area contributed by atoms with E-state index in [2.05, 4.69) is 11.1 Å². The van der Waals surface area contributed by atoms with Crippen molar-refractivity contribution in [2.45, 2.75) is 6.42 Å². The van der Waals surface area contributed by atoms with E-state index in [1.165, 1.54) is 5.39 Å². The second kappa shape index (κ2) is 3.54. The summed E-state index contributed by atoms with van der Waals surface area (Å²) in [7, 11) is 0. The summed E-state index contributed by atoms with van der Waals surface area (Å²) in [6.07, 6.45) is 2.41. The Labute approximate surface area is 76.9 Å². The van der Waals surface area contributed by atoms with Crippen molar-refractivity contribution < 1.29 is 5.11 Å². The van der Waals surface area contributed by atoms with E-state index < -0.39 is 0 Å². The van der Waals surface area contributed by atoms with Gasteiger partial charge in [0.1, 0.15) is 0 Å². The lowest BCUT2D eigenvalue weighted by Crippen LogP contribution is -1.94. The maximum absolute atomic E-state index is 8.84. The van der Waals surface area contributed by atoms with E-state index in [-0.39, 0.29) is 6.61 Å². The molecule has 2 rings (SSSR count). The molecule has 0 aliphatic heterocycles. The quantitative estimate of drug-likeness (QED) is 0.750. The Hall–Kier alpha value is -1.41. The first-order valence-corrected chi connectivity index (χ1v) is 4.35. The molecule has 0 fully saturated rings. The van der Waals surface area contributed by atoms with Crippen molar-refractivity contribution in [3.8, 4) is 0 Å². The van der Waals surface area contributed by atoms with Gasteiger partial charge in [-0.15, -0.1) is 0 Å². The number of rotatable bonds is 2. The van der Waals surface area contributed by atoms with Gasteiger partial charge in [0.2, 0.25) is 0 Å². The Morgan fingerprint density at radius 2 is 2.00 bits per heavy atom. The van der Waals surface area contributed by atoms with Crippen LogP contribution in [-0.2, 0) is 6.42 Å². The SMILES string of the molecule is OCCc1nccc2ccccc12. The molecule has 0 unspecified atom stereocenters. The van der Waals surface area contributed by atoms with Gasteiger partial charge in [-0.2, -0.15) is 0 Å². The van der Waals surface area contributed by atoms with Crippen molar-refractivity contribution >= 4 is 10.8 Å². The second-order valence-electron chi connectivity index (χ2n) is 2.95. The molecule has 0 amide bonds. The molecule has 0 saturated heterocycles. The molecule has 2 nitrogen and oxygen atoms in total. The number of aliphatic hydroxyl groups is 1. The summed E-state index contributed by atoms with van der Waals surface area (Å²) in [4.78, 5) is 4.24. The van der Waals surface area contributed by atoms with Gasteiger partial charge in [0.05, 0.1) is 5.69 Å². The van der Waals surface area contributed by atoms with Gasteiger partial charge in [0.15, 0.2) is 0 Å². The van der Waals surface area contributed by atoms with Gasteiger partial charge in [0, 0.05) is 24.6 Å². The maximum Gasteiger partial charge on any atom is 0.0504 e. The van der Waals surface area contributed by atoms with Crippen LogP contribution in [0.1, 0.15) is 5.69 Å². The molecular weight excluding hydrogens is 162 g/mol. The third-order valence-corrected chi connectivity index (χ3v) is 2.10. The molecule has 0 radical (unpaired) electrons. The lowest BCUT2D eigenvalue weighted by molar-refractivity contribution is 0.298. The van der Waals surface area contributed by atoms with E-state index in [1.54, 1.807) is 6.20 Å². The Morgan fingerprint density at radius 1 is 1.15 bits per heavy atom. The Morgan fingerprint density at radius 3 is 2.85 bits per heavy atom. The molecule has 0 atom stereocenters. The lowest BCUT2D eigenvalue weighted by atomic mass is 10.1. The normalized spacial score (nSPS) is 10.5. The number of aromatic nitrogens is 1. The van der Waals surface area contributed by atoms with E-state index in [0.29, 0.717) is 6.42 Å². The highest BCUT2D eigenvalue weighted by atomic mass is 16.3. The molecule has 1 N–H and O–H groups in total. The summed E-state index contributed by atoms with van der Waals surface area (Å²) in [5.74, 6) is 0. The summed E-state index contributed by atoms with van der Waals surface area (Å²) in [5, 5.41) is 11.2. The van der Waals surface area contributed by atoms with Crippen molar-refractivity contribution in [2.75, 3.05) is 6.61 Å². The van der Waals surface area contributed by atoms with Gasteiger partial charge >= 0.3 is 0 Å². The second-order valence-corrected chi connectivity index (χ2v) is 2.95. The summed E-state index contributed by atoms with van der Waals surface area (Å²) in [6, 6.07) is 10.1. The largest absolute Gasteiger partial charge is 0.396 e. The van der Waals surface area contributed by atoms with Crippen LogP contribution in [0.4, 0.5) is 0 Å². The first-order chi connectivity index (χ1) is 6.42. The van der Waals surface area contributed by atoms with Gasteiger partial charge in [-0.05, 0) is 11.5 Å². The van der Waals surface area contributed by atoms with Crippen LogP contribution < -0.4 is 0 Å². The molecule has 1 aromatic heterocycles. The zero-order valence-corrected chi connectivity index (χ0v) is 7.27. The van der Waals surface area contributed by atoms with Crippen LogP contribution in [0.5, 0.6) is 0 Å². The first-order valence-electron chi connectivity index (χ1n) is 4.35. The summed E-state index contributed by atoms with van der Waals surface area (Å²) in [6.45, 7) is 0.154. The van der Waals surface area contributed by atoms with Gasteiger partial charge in [-0.25, -0.2) is 0 Å². The monoisotopic (exact) mass is 173 g/mol. The van der Waals surface area contributed by atoms with Crippen LogP contribution in [0, 0.1) is 0 Å². The third kappa shape index (κ3) is 1.53. The van der Waals surface area contributed by atoms with Crippen molar-refractivity contribution in [2.24, 2.45) is 0 Å². The molecule has 0 saturated carbocycles. The molecule has 0 bridgehead atoms. The first kappa shape index (κ1) is 8.20. The molecule has 1 aromatic carbocycles. The number of hydrogen-bond donors (Lipinski definition) is 1. The highest BCUT2D eigenvalue weighted by Gasteiger charge is 1.99. The molecule has 0 spiro atoms. The average Bonchev–Trinajstić information content (AvgIpc) is 2.19. The molecule has 2 heteroatoms. The van der Waals surface area contributed by atoms with Crippen molar-refractivity contribution in [1.82, 2.24) is 4.98 Å². The Kier molecular flexibility index (Phi) is 2.23. The number of nitrogens with zero attached hydrogens (tertiary/aromatic N) is 1. The smallest absolute Gasteiger partial charge is 0.0504 e. The van der Waals surface area contributed by atoms with Crippen molar-refractivity contribution in [3.63, 3.8) is 0 Å². The van der Waals surface area contributed by atoms with Gasteiger partial charge in [0.25, 0.3) is 0 Å². The van der Waals surface area contributed by atoms with Crippen LogP contribution in [0.3, 0.4) is 0 Å². The van der Waals surface area contributed by atoms with E-state index in [1.807, 2.05) is 24.3 Å². The molecule has 1 heterocycles. The zero-order valence-electron chi connectivity index (χ0n) is 7.27. The summed E-state index contributed by atoms with van der Waals surface area (Å²) >= 11 is 0. The highest BCUT2D eigenvalue weighted by molar-refractivity contribution is 5.84. The van der Waals surface area contributed by atoms with Crippen LogP contribution in [0.2, 0.25) is 0 Å². The van der Waals surface area contributed by atoms with Gasteiger partial charge < -0.3 is 5.11 Å². The van der Waals surface area contributed by atoms with Crippen molar-refractivity contribution in [3.05, 3.63) is 42.2 Å². The minimum Gasteiger partial charge on any atom is -0.396 e. The predicted octanol–water partition coefficient (Wildman–Crippen LogP) is 1.77. The number of fused-ring (bicyclic) bond motifs is 1. The highest BCUT2D eigenvalue weighted by Crippen LogP contribution is 2.16. The molecular formula is C11H11NO. The van der Waals surface area contributed by atoms with E-state index >= 15 is 0 Å². The molecule has 0 aliphatic carbocycles. The summed E-state index contributed by atoms with van der Waals surface area (Å²) < 4.78 is 0. The number of benzene rings is 1. The maximum atomic E-state index is 8.84.